The van der Waals surface area contributed by atoms with Crippen molar-refractivity contribution in [3.63, 3.8) is 0 Å². The first-order chi connectivity index (χ1) is 9.34. The molecule has 1 aliphatic rings. The molecule has 0 bridgehead atoms. The second kappa shape index (κ2) is 8.25. The van der Waals surface area contributed by atoms with Crippen LogP contribution in [-0.2, 0) is 11.2 Å². The molecule has 1 N–H and O–H groups in total. The van der Waals surface area contributed by atoms with Gasteiger partial charge in [0.2, 0.25) is 0 Å². The predicted molar refractivity (Wildman–Crippen MR) is 77.2 cm³/mol. The number of pyridine rings is 1. The van der Waals surface area contributed by atoms with Crippen molar-refractivity contribution in [2.45, 2.75) is 12.8 Å². The summed E-state index contributed by atoms with van der Waals surface area (Å²) in [4.78, 5) is 6.70. The third kappa shape index (κ3) is 5.68. The average Bonchev–Trinajstić information content (AvgIpc) is 2.96. The van der Waals surface area contributed by atoms with Crippen LogP contribution in [0.3, 0.4) is 0 Å². The molecule has 0 aliphatic carbocycles. The fourth-order valence-electron chi connectivity index (χ4n) is 2.28. The van der Waals surface area contributed by atoms with Gasteiger partial charge in [0.1, 0.15) is 0 Å². The van der Waals surface area contributed by atoms with Gasteiger partial charge in [-0.3, -0.25) is 4.98 Å². The summed E-state index contributed by atoms with van der Waals surface area (Å²) >= 11 is 0. The maximum absolute atomic E-state index is 5.37. The lowest BCUT2D eigenvalue weighted by molar-refractivity contribution is 0.185. The Morgan fingerprint density at radius 1 is 1.42 bits per heavy atom. The van der Waals surface area contributed by atoms with Crippen LogP contribution >= 0.6 is 0 Å². The number of ether oxygens (including phenoxy) is 1. The predicted octanol–water partition coefficient (Wildman–Crippen LogP) is 1.18. The van der Waals surface area contributed by atoms with Gasteiger partial charge in [0.05, 0.1) is 6.61 Å². The van der Waals surface area contributed by atoms with Gasteiger partial charge >= 0.3 is 0 Å². The van der Waals surface area contributed by atoms with Crippen LogP contribution in [0.25, 0.3) is 0 Å². The Balaban J connectivity index is 1.51. The normalized spacial score (nSPS) is 19.2. The Labute approximate surface area is 116 Å². The van der Waals surface area contributed by atoms with E-state index in [0.29, 0.717) is 0 Å². The lowest BCUT2D eigenvalue weighted by Gasteiger charge is -2.17. The highest BCUT2D eigenvalue weighted by atomic mass is 16.5. The molecule has 0 spiro atoms. The number of nitrogens with one attached hydrogen (secondary N) is 1. The van der Waals surface area contributed by atoms with Gasteiger partial charge in [-0.15, -0.1) is 0 Å². The smallest absolute Gasteiger partial charge is 0.0507 e. The van der Waals surface area contributed by atoms with E-state index in [4.69, 9.17) is 4.74 Å². The van der Waals surface area contributed by atoms with Crippen LogP contribution in [0.4, 0.5) is 0 Å². The lowest BCUT2D eigenvalue weighted by atomic mass is 10.1. The second-order valence-electron chi connectivity index (χ2n) is 5.31. The Morgan fingerprint density at radius 3 is 3.11 bits per heavy atom. The maximum Gasteiger partial charge on any atom is 0.0507 e. The van der Waals surface area contributed by atoms with Crippen LogP contribution in [-0.4, -0.2) is 56.3 Å². The first kappa shape index (κ1) is 14.4. The molecule has 4 heteroatoms. The molecule has 0 aromatic carbocycles. The third-order valence-corrected chi connectivity index (χ3v) is 3.60. The van der Waals surface area contributed by atoms with Gasteiger partial charge in [0, 0.05) is 51.1 Å². The summed E-state index contributed by atoms with van der Waals surface area (Å²) in [5.74, 6) is 0.721. The van der Waals surface area contributed by atoms with Crippen molar-refractivity contribution in [2.75, 3.05) is 46.4 Å². The number of likely N-dealkylation sites (N-methyl/N-ethyl adjacent to an activating group) is 1. The van der Waals surface area contributed by atoms with Gasteiger partial charge in [-0.25, -0.2) is 0 Å². The topological polar surface area (TPSA) is 37.4 Å². The molecule has 1 aliphatic heterocycles. The molecule has 4 nitrogen and oxygen atoms in total. The summed E-state index contributed by atoms with van der Waals surface area (Å²) in [6.07, 6.45) is 4.09. The van der Waals surface area contributed by atoms with Gasteiger partial charge in [-0.2, -0.15) is 0 Å². The van der Waals surface area contributed by atoms with E-state index in [9.17, 15) is 0 Å². The van der Waals surface area contributed by atoms with Crippen molar-refractivity contribution in [1.29, 1.82) is 0 Å². The SMILES string of the molecule is CN(CCNCC1CCOC1)CCc1ccccn1. The number of hydrogen-bond donors (Lipinski definition) is 1. The molecule has 1 saturated heterocycles. The van der Waals surface area contributed by atoms with Crippen molar-refractivity contribution >= 4 is 0 Å². The van der Waals surface area contributed by atoms with Crippen LogP contribution in [0.1, 0.15) is 12.1 Å². The first-order valence-electron chi connectivity index (χ1n) is 7.21. The third-order valence-electron chi connectivity index (χ3n) is 3.60. The number of hydrogen-bond acceptors (Lipinski definition) is 4. The minimum atomic E-state index is 0.721. The zero-order chi connectivity index (χ0) is 13.3. The van der Waals surface area contributed by atoms with Crippen LogP contribution < -0.4 is 5.32 Å². The van der Waals surface area contributed by atoms with Gasteiger partial charge in [0.15, 0.2) is 0 Å². The summed E-state index contributed by atoms with van der Waals surface area (Å²) in [6.45, 7) is 6.16. The molecule has 106 valence electrons. The van der Waals surface area contributed by atoms with Crippen molar-refractivity contribution in [3.8, 4) is 0 Å². The molecule has 1 fully saturated rings. The maximum atomic E-state index is 5.37. The molecule has 1 unspecified atom stereocenters. The van der Waals surface area contributed by atoms with Crippen molar-refractivity contribution in [2.24, 2.45) is 5.92 Å². The van der Waals surface area contributed by atoms with Crippen LogP contribution in [0, 0.1) is 5.92 Å². The highest BCUT2D eigenvalue weighted by Crippen LogP contribution is 2.10. The summed E-state index contributed by atoms with van der Waals surface area (Å²) in [7, 11) is 2.17. The molecule has 1 aromatic heterocycles. The van der Waals surface area contributed by atoms with Crippen LogP contribution in [0.5, 0.6) is 0 Å². The number of nitrogens with zero attached hydrogens (tertiary/aromatic N) is 2. The Hall–Kier alpha value is -0.970. The highest BCUT2D eigenvalue weighted by molar-refractivity contribution is 5.03. The number of aromatic nitrogens is 1. The second-order valence-corrected chi connectivity index (χ2v) is 5.31. The highest BCUT2D eigenvalue weighted by Gasteiger charge is 2.14. The lowest BCUT2D eigenvalue weighted by Crippen LogP contribution is -2.33. The fraction of sp³-hybridized carbons (Fsp3) is 0.667. The zero-order valence-corrected chi connectivity index (χ0v) is 11.8. The van der Waals surface area contributed by atoms with E-state index in [2.05, 4.69) is 28.3 Å². The summed E-state index contributed by atoms with van der Waals surface area (Å²) in [6, 6.07) is 6.10. The minimum absolute atomic E-state index is 0.721. The average molecular weight is 263 g/mol. The molecule has 1 aromatic rings. The molecular weight excluding hydrogens is 238 g/mol. The molecule has 0 amide bonds. The molecule has 2 rings (SSSR count). The van der Waals surface area contributed by atoms with Crippen LogP contribution in [0.2, 0.25) is 0 Å². The Kier molecular flexibility index (Phi) is 6.27. The Morgan fingerprint density at radius 2 is 2.37 bits per heavy atom. The fourth-order valence-corrected chi connectivity index (χ4v) is 2.28. The van der Waals surface area contributed by atoms with E-state index >= 15 is 0 Å². The summed E-state index contributed by atoms with van der Waals surface area (Å²) < 4.78 is 5.37. The van der Waals surface area contributed by atoms with E-state index in [1.807, 2.05) is 18.3 Å². The van der Waals surface area contributed by atoms with Crippen molar-refractivity contribution in [3.05, 3.63) is 30.1 Å². The van der Waals surface area contributed by atoms with Gasteiger partial charge < -0.3 is 15.0 Å². The van der Waals surface area contributed by atoms with Gasteiger partial charge in [-0.1, -0.05) is 6.07 Å². The standard InChI is InChI=1S/C15H25N3O/c1-18(9-5-15-4-2-3-7-17-15)10-8-16-12-14-6-11-19-13-14/h2-4,7,14,16H,5-6,8-13H2,1H3. The monoisotopic (exact) mass is 263 g/mol. The Bertz CT molecular complexity index is 339. The molecule has 2 heterocycles. The quantitative estimate of drug-likeness (QED) is 0.715. The van der Waals surface area contributed by atoms with E-state index < -0.39 is 0 Å². The molecule has 19 heavy (non-hydrogen) atoms. The minimum Gasteiger partial charge on any atom is -0.381 e. The molecule has 0 radical (unpaired) electrons. The van der Waals surface area contributed by atoms with E-state index in [1.165, 1.54) is 12.1 Å². The van der Waals surface area contributed by atoms with E-state index in [1.54, 1.807) is 0 Å². The van der Waals surface area contributed by atoms with Gasteiger partial charge in [-0.05, 0) is 31.5 Å². The zero-order valence-electron chi connectivity index (χ0n) is 11.8. The molecular formula is C15H25N3O. The molecule has 1 atom stereocenters. The molecule has 0 saturated carbocycles. The van der Waals surface area contributed by atoms with E-state index in [-0.39, 0.29) is 0 Å². The van der Waals surface area contributed by atoms with Crippen LogP contribution in [0.15, 0.2) is 24.4 Å². The van der Waals surface area contributed by atoms with Gasteiger partial charge in [0.25, 0.3) is 0 Å². The number of rotatable bonds is 8. The van der Waals surface area contributed by atoms with Crippen molar-refractivity contribution < 1.29 is 4.74 Å². The first-order valence-corrected chi connectivity index (χ1v) is 7.21. The largest absolute Gasteiger partial charge is 0.381 e. The summed E-state index contributed by atoms with van der Waals surface area (Å²) in [5, 5.41) is 3.52. The van der Waals surface area contributed by atoms with E-state index in [0.717, 1.165) is 51.7 Å². The summed E-state index contributed by atoms with van der Waals surface area (Å²) in [5.41, 5.74) is 1.17. The van der Waals surface area contributed by atoms with Crippen molar-refractivity contribution in [1.82, 2.24) is 15.2 Å².